The van der Waals surface area contributed by atoms with Gasteiger partial charge in [0.25, 0.3) is 5.91 Å². The lowest BCUT2D eigenvalue weighted by Crippen LogP contribution is -2.29. The van der Waals surface area contributed by atoms with Gasteiger partial charge in [0.15, 0.2) is 0 Å². The first-order valence-corrected chi connectivity index (χ1v) is 9.13. The van der Waals surface area contributed by atoms with Gasteiger partial charge in [0.1, 0.15) is 0 Å². The molecule has 1 N–H and O–H groups in total. The quantitative estimate of drug-likeness (QED) is 0.814. The van der Waals surface area contributed by atoms with Gasteiger partial charge in [-0.05, 0) is 63.0 Å². The Labute approximate surface area is 144 Å². The van der Waals surface area contributed by atoms with E-state index in [1.807, 2.05) is 25.1 Å². The van der Waals surface area contributed by atoms with Crippen LogP contribution in [-0.4, -0.2) is 49.4 Å². The Morgan fingerprint density at radius 1 is 1.17 bits per heavy atom. The van der Waals surface area contributed by atoms with Crippen LogP contribution in [0.15, 0.2) is 18.2 Å². The number of carbonyl (C=O) groups is 2. The Hall–Kier alpha value is -1.88. The van der Waals surface area contributed by atoms with Crippen LogP contribution in [-0.2, 0) is 11.2 Å². The molecule has 1 aromatic carbocycles. The molecule has 5 nitrogen and oxygen atoms in total. The Kier molecular flexibility index (Phi) is 5.51. The highest BCUT2D eigenvalue weighted by Gasteiger charge is 2.27. The monoisotopic (exact) mass is 329 g/mol. The van der Waals surface area contributed by atoms with Gasteiger partial charge in [0.2, 0.25) is 5.91 Å². The number of anilines is 1. The number of amides is 2. The molecule has 130 valence electrons. The largest absolute Gasteiger partial charge is 0.352 e. The van der Waals surface area contributed by atoms with Crippen molar-refractivity contribution in [3.63, 3.8) is 0 Å². The first-order valence-electron chi connectivity index (χ1n) is 9.13. The summed E-state index contributed by atoms with van der Waals surface area (Å²) in [6, 6.07) is 5.69. The summed E-state index contributed by atoms with van der Waals surface area (Å²) < 4.78 is 0. The number of rotatable bonds is 6. The number of carbonyl (C=O) groups excluding carboxylic acids is 2. The van der Waals surface area contributed by atoms with Gasteiger partial charge in [-0.25, -0.2) is 0 Å². The van der Waals surface area contributed by atoms with Crippen LogP contribution in [0.25, 0.3) is 0 Å². The second kappa shape index (κ2) is 7.79. The molecule has 1 saturated heterocycles. The van der Waals surface area contributed by atoms with Crippen LogP contribution in [0.3, 0.4) is 0 Å². The SMILES string of the molecule is CCC(=O)N1CCc2c(C(=O)NCCCN3CCCC3)cccc21. The van der Waals surface area contributed by atoms with E-state index < -0.39 is 0 Å². The molecular formula is C19H27N3O2. The molecule has 0 bridgehead atoms. The van der Waals surface area contributed by atoms with Crippen LogP contribution in [0.4, 0.5) is 5.69 Å². The minimum atomic E-state index is -0.0148. The van der Waals surface area contributed by atoms with Crippen LogP contribution >= 0.6 is 0 Å². The fraction of sp³-hybridized carbons (Fsp3) is 0.579. The number of likely N-dealkylation sites (tertiary alicyclic amines) is 1. The van der Waals surface area contributed by atoms with Crippen molar-refractivity contribution in [2.24, 2.45) is 0 Å². The molecule has 2 heterocycles. The van der Waals surface area contributed by atoms with E-state index in [0.29, 0.717) is 19.5 Å². The van der Waals surface area contributed by atoms with Gasteiger partial charge in [-0.1, -0.05) is 13.0 Å². The van der Waals surface area contributed by atoms with Crippen molar-refractivity contribution in [3.05, 3.63) is 29.3 Å². The molecular weight excluding hydrogens is 302 g/mol. The van der Waals surface area contributed by atoms with Gasteiger partial charge >= 0.3 is 0 Å². The standard InChI is InChI=1S/C19H27N3O2/c1-2-18(23)22-14-9-15-16(7-5-8-17(15)22)19(24)20-10-6-13-21-11-3-4-12-21/h5,7-8H,2-4,6,9-14H2,1H3,(H,20,24). The van der Waals surface area contributed by atoms with Crippen LogP contribution in [0, 0.1) is 0 Å². The third-order valence-electron chi connectivity index (χ3n) is 5.01. The maximum absolute atomic E-state index is 12.5. The Balaban J connectivity index is 1.57. The van der Waals surface area contributed by atoms with Crippen LogP contribution in [0.1, 0.15) is 48.5 Å². The van der Waals surface area contributed by atoms with Crippen LogP contribution < -0.4 is 10.2 Å². The zero-order valence-electron chi connectivity index (χ0n) is 14.5. The van der Waals surface area contributed by atoms with Gasteiger partial charge in [-0.2, -0.15) is 0 Å². The van der Waals surface area contributed by atoms with Crippen LogP contribution in [0.2, 0.25) is 0 Å². The van der Waals surface area contributed by atoms with Crippen molar-refractivity contribution >= 4 is 17.5 Å². The average molecular weight is 329 g/mol. The van der Waals surface area contributed by atoms with Crippen molar-refractivity contribution in [3.8, 4) is 0 Å². The molecule has 0 radical (unpaired) electrons. The highest BCUT2D eigenvalue weighted by molar-refractivity contribution is 6.01. The summed E-state index contributed by atoms with van der Waals surface area (Å²) in [4.78, 5) is 28.8. The Morgan fingerprint density at radius 2 is 1.96 bits per heavy atom. The molecule has 1 aromatic rings. The second-order valence-corrected chi connectivity index (χ2v) is 6.61. The summed E-state index contributed by atoms with van der Waals surface area (Å²) in [5.41, 5.74) is 2.64. The third kappa shape index (κ3) is 3.61. The highest BCUT2D eigenvalue weighted by Crippen LogP contribution is 2.31. The summed E-state index contributed by atoms with van der Waals surface area (Å²) in [6.07, 6.45) is 4.84. The lowest BCUT2D eigenvalue weighted by molar-refractivity contribution is -0.118. The first-order chi connectivity index (χ1) is 11.7. The minimum absolute atomic E-state index is 0.0148. The summed E-state index contributed by atoms with van der Waals surface area (Å²) in [5, 5.41) is 3.04. The van der Waals surface area contributed by atoms with E-state index in [2.05, 4.69) is 10.2 Å². The van der Waals surface area contributed by atoms with Crippen molar-refractivity contribution in [2.75, 3.05) is 37.6 Å². The number of fused-ring (bicyclic) bond motifs is 1. The molecule has 3 rings (SSSR count). The predicted molar refractivity (Wildman–Crippen MR) is 95.4 cm³/mol. The number of hydrogen-bond acceptors (Lipinski definition) is 3. The molecule has 2 aliphatic heterocycles. The maximum Gasteiger partial charge on any atom is 0.251 e. The predicted octanol–water partition coefficient (Wildman–Crippen LogP) is 2.20. The number of hydrogen-bond donors (Lipinski definition) is 1. The lowest BCUT2D eigenvalue weighted by Gasteiger charge is -2.17. The molecule has 0 atom stereocenters. The topological polar surface area (TPSA) is 52.7 Å². The summed E-state index contributed by atoms with van der Waals surface area (Å²) in [6.45, 7) is 6.71. The maximum atomic E-state index is 12.5. The molecule has 0 unspecified atom stereocenters. The van der Waals surface area contributed by atoms with E-state index in [1.54, 1.807) is 4.90 Å². The normalized spacial score (nSPS) is 17.1. The van der Waals surface area contributed by atoms with Gasteiger partial charge in [-0.3, -0.25) is 9.59 Å². The average Bonchev–Trinajstić information content (AvgIpc) is 3.26. The van der Waals surface area contributed by atoms with E-state index in [-0.39, 0.29) is 11.8 Å². The summed E-state index contributed by atoms with van der Waals surface area (Å²) in [7, 11) is 0. The van der Waals surface area contributed by atoms with Crippen molar-refractivity contribution in [1.29, 1.82) is 0 Å². The first kappa shape index (κ1) is 17.0. The van der Waals surface area contributed by atoms with E-state index in [9.17, 15) is 9.59 Å². The fourth-order valence-electron chi connectivity index (χ4n) is 3.70. The van der Waals surface area contributed by atoms with Gasteiger partial charge in [0, 0.05) is 30.8 Å². The third-order valence-corrected chi connectivity index (χ3v) is 5.01. The summed E-state index contributed by atoms with van der Waals surface area (Å²) in [5.74, 6) is 0.107. The molecule has 0 spiro atoms. The summed E-state index contributed by atoms with van der Waals surface area (Å²) >= 11 is 0. The minimum Gasteiger partial charge on any atom is -0.352 e. The van der Waals surface area contributed by atoms with Crippen molar-refractivity contribution in [1.82, 2.24) is 10.2 Å². The van der Waals surface area contributed by atoms with E-state index in [4.69, 9.17) is 0 Å². The number of benzene rings is 1. The Bertz CT molecular complexity index is 609. The van der Waals surface area contributed by atoms with Gasteiger partial charge in [0.05, 0.1) is 0 Å². The lowest BCUT2D eigenvalue weighted by atomic mass is 10.0. The molecule has 24 heavy (non-hydrogen) atoms. The molecule has 0 saturated carbocycles. The van der Waals surface area contributed by atoms with E-state index in [0.717, 1.165) is 36.2 Å². The smallest absolute Gasteiger partial charge is 0.251 e. The van der Waals surface area contributed by atoms with Crippen LogP contribution in [0.5, 0.6) is 0 Å². The highest BCUT2D eigenvalue weighted by atomic mass is 16.2. The van der Waals surface area contributed by atoms with Gasteiger partial charge in [-0.15, -0.1) is 0 Å². The second-order valence-electron chi connectivity index (χ2n) is 6.61. The zero-order valence-corrected chi connectivity index (χ0v) is 14.5. The molecule has 2 amide bonds. The molecule has 5 heteroatoms. The zero-order chi connectivity index (χ0) is 16.9. The van der Waals surface area contributed by atoms with Crippen molar-refractivity contribution < 1.29 is 9.59 Å². The molecule has 2 aliphatic rings. The van der Waals surface area contributed by atoms with E-state index in [1.165, 1.54) is 25.9 Å². The molecule has 0 aromatic heterocycles. The number of nitrogens with one attached hydrogen (secondary N) is 1. The van der Waals surface area contributed by atoms with E-state index >= 15 is 0 Å². The van der Waals surface area contributed by atoms with Gasteiger partial charge < -0.3 is 15.1 Å². The fourth-order valence-corrected chi connectivity index (χ4v) is 3.70. The Morgan fingerprint density at radius 3 is 2.71 bits per heavy atom. The van der Waals surface area contributed by atoms with Crippen molar-refractivity contribution in [2.45, 2.75) is 39.0 Å². The number of nitrogens with zero attached hydrogens (tertiary/aromatic N) is 2. The molecule has 0 aliphatic carbocycles. The molecule has 1 fully saturated rings.